The van der Waals surface area contributed by atoms with Crippen LogP contribution in [0.15, 0.2) is 36.4 Å². The Kier molecular flexibility index (Phi) is 5.52. The minimum atomic E-state index is -0.350. The van der Waals surface area contributed by atoms with E-state index in [0.717, 1.165) is 44.2 Å². The Morgan fingerprint density at radius 2 is 1.65 bits per heavy atom. The number of benzene rings is 2. The second-order valence-electron chi connectivity index (χ2n) is 8.22. The van der Waals surface area contributed by atoms with Crippen molar-refractivity contribution >= 4 is 40.7 Å². The van der Waals surface area contributed by atoms with Crippen LogP contribution in [0.25, 0.3) is 0 Å². The number of amides is 2. The molecule has 0 unspecified atom stereocenters. The number of fused-ring (bicyclic) bond motifs is 1. The zero-order chi connectivity index (χ0) is 21.5. The van der Waals surface area contributed by atoms with Crippen LogP contribution in [0.4, 0.5) is 5.69 Å². The van der Waals surface area contributed by atoms with Gasteiger partial charge < -0.3 is 19.3 Å². The highest BCUT2D eigenvalue weighted by atomic mass is 35.5. The monoisotopic (exact) mass is 463 g/mol. The fourth-order valence-corrected chi connectivity index (χ4v) is 5.19. The number of piperazine rings is 1. The first-order chi connectivity index (χ1) is 15.0. The number of hydrogen-bond acceptors (Lipinski definition) is 4. The van der Waals surface area contributed by atoms with Crippen LogP contribution in [-0.2, 0) is 16.1 Å². The van der Waals surface area contributed by atoms with Crippen LogP contribution < -0.4 is 24.2 Å². The van der Waals surface area contributed by atoms with Gasteiger partial charge in [-0.3, -0.25) is 9.59 Å². The van der Waals surface area contributed by atoms with Crippen LogP contribution in [0, 0.1) is 0 Å². The van der Waals surface area contributed by atoms with E-state index in [1.54, 1.807) is 18.2 Å². The van der Waals surface area contributed by atoms with E-state index in [4.69, 9.17) is 32.7 Å². The molecule has 162 valence electrons. The van der Waals surface area contributed by atoms with Crippen LogP contribution in [0.1, 0.15) is 12.0 Å². The first kappa shape index (κ1) is 20.6. The summed E-state index contributed by atoms with van der Waals surface area (Å²) in [5, 5.41) is 0.805. The van der Waals surface area contributed by atoms with Crippen LogP contribution in [-0.4, -0.2) is 50.8 Å². The van der Waals surface area contributed by atoms with Crippen LogP contribution in [0.2, 0.25) is 10.0 Å². The van der Waals surface area contributed by atoms with Gasteiger partial charge in [-0.2, -0.15) is 0 Å². The van der Waals surface area contributed by atoms with Crippen LogP contribution >= 0.6 is 23.2 Å². The predicted molar refractivity (Wildman–Crippen MR) is 115 cm³/mol. The summed E-state index contributed by atoms with van der Waals surface area (Å²) in [6.45, 7) is 4.73. The highest BCUT2D eigenvalue weighted by molar-refractivity contribution is 6.35. The molecule has 2 aromatic carbocycles. The van der Waals surface area contributed by atoms with Crippen LogP contribution in [0.5, 0.6) is 11.5 Å². The Labute approximate surface area is 190 Å². The molecule has 2 amide bonds. The highest BCUT2D eigenvalue weighted by Crippen LogP contribution is 2.32. The number of carbonyl (C=O) groups excluding carboxylic acids is 2. The third kappa shape index (κ3) is 4.11. The van der Waals surface area contributed by atoms with E-state index in [1.807, 2.05) is 12.1 Å². The van der Waals surface area contributed by atoms with Crippen molar-refractivity contribution in [2.45, 2.75) is 19.0 Å². The average molecular weight is 464 g/mol. The highest BCUT2D eigenvalue weighted by Gasteiger charge is 2.47. The number of halogens is 2. The number of rotatable bonds is 4. The first-order valence-corrected chi connectivity index (χ1v) is 11.1. The topological polar surface area (TPSA) is 64.7 Å². The van der Waals surface area contributed by atoms with Gasteiger partial charge in [0.15, 0.2) is 17.5 Å². The molecule has 0 bridgehead atoms. The second-order valence-corrected chi connectivity index (χ2v) is 9.10. The molecular weight excluding hydrogens is 441 g/mol. The molecule has 5 rings (SSSR count). The smallest absolute Gasteiger partial charge is 0.292 e. The molecule has 2 N–H and O–H groups in total. The molecule has 1 atom stereocenters. The van der Waals surface area contributed by atoms with Crippen molar-refractivity contribution < 1.29 is 28.9 Å². The maximum atomic E-state index is 13.1. The van der Waals surface area contributed by atoms with E-state index in [2.05, 4.69) is 6.07 Å². The molecule has 0 aromatic heterocycles. The summed E-state index contributed by atoms with van der Waals surface area (Å²) in [5.41, 5.74) is 1.65. The third-order valence-electron chi connectivity index (χ3n) is 6.24. The molecule has 0 saturated carbocycles. The second kappa shape index (κ2) is 8.31. The number of quaternary nitrogens is 2. The molecule has 0 spiro atoms. The van der Waals surface area contributed by atoms with Gasteiger partial charge in [-0.1, -0.05) is 23.2 Å². The number of carbonyl (C=O) groups is 2. The van der Waals surface area contributed by atoms with Crippen molar-refractivity contribution in [3.05, 3.63) is 52.0 Å². The van der Waals surface area contributed by atoms with E-state index in [0.29, 0.717) is 15.7 Å². The standard InChI is InChI=1S/C22H21Cl2N3O4/c23-15-8-16(24)10-17(9-15)27-21(28)11-18(22(27)29)26-5-3-25(4-6-26)12-14-1-2-19-20(7-14)31-13-30-19/h1-2,7-10,18H,3-6,11-13H2/p+2/t18-/m1/s1. The lowest BCUT2D eigenvalue weighted by molar-refractivity contribution is -1.02. The zero-order valence-corrected chi connectivity index (χ0v) is 18.3. The van der Waals surface area contributed by atoms with Crippen molar-refractivity contribution in [3.8, 4) is 11.5 Å². The van der Waals surface area contributed by atoms with Gasteiger partial charge in [0.2, 0.25) is 12.7 Å². The number of nitrogens with one attached hydrogen (secondary N) is 2. The molecule has 9 heteroatoms. The molecule has 2 aromatic rings. The van der Waals surface area contributed by atoms with E-state index >= 15 is 0 Å². The summed E-state index contributed by atoms with van der Waals surface area (Å²) < 4.78 is 10.8. The minimum Gasteiger partial charge on any atom is -0.454 e. The lowest BCUT2D eigenvalue weighted by Gasteiger charge is -2.32. The summed E-state index contributed by atoms with van der Waals surface area (Å²) in [6, 6.07) is 10.5. The van der Waals surface area contributed by atoms with Crippen molar-refractivity contribution in [1.29, 1.82) is 0 Å². The van der Waals surface area contributed by atoms with Gasteiger partial charge in [0.25, 0.3) is 5.91 Å². The third-order valence-corrected chi connectivity index (χ3v) is 6.67. The van der Waals surface area contributed by atoms with Crippen molar-refractivity contribution in [2.75, 3.05) is 37.9 Å². The molecule has 2 fully saturated rings. The summed E-state index contributed by atoms with van der Waals surface area (Å²) in [7, 11) is 0. The van der Waals surface area contributed by atoms with Crippen molar-refractivity contribution in [2.24, 2.45) is 0 Å². The van der Waals surface area contributed by atoms with Crippen molar-refractivity contribution in [1.82, 2.24) is 0 Å². The van der Waals surface area contributed by atoms with E-state index in [1.165, 1.54) is 20.3 Å². The molecule has 2 saturated heterocycles. The van der Waals surface area contributed by atoms with Gasteiger partial charge in [-0.05, 0) is 36.4 Å². The van der Waals surface area contributed by atoms with Gasteiger partial charge in [0, 0.05) is 15.6 Å². The number of ether oxygens (including phenoxy) is 2. The summed E-state index contributed by atoms with van der Waals surface area (Å²) in [5.74, 6) is 1.23. The lowest BCUT2D eigenvalue weighted by Crippen LogP contribution is -3.29. The fraction of sp³-hybridized carbons (Fsp3) is 0.364. The fourth-order valence-electron chi connectivity index (χ4n) is 4.68. The molecule has 0 aliphatic carbocycles. The quantitative estimate of drug-likeness (QED) is 0.641. The largest absolute Gasteiger partial charge is 0.454 e. The number of imide groups is 1. The van der Waals surface area contributed by atoms with Gasteiger partial charge in [0.05, 0.1) is 12.1 Å². The Morgan fingerprint density at radius 3 is 2.39 bits per heavy atom. The maximum Gasteiger partial charge on any atom is 0.292 e. The molecule has 0 radical (unpaired) electrons. The Hall–Kier alpha value is -2.32. The first-order valence-electron chi connectivity index (χ1n) is 10.4. The van der Waals surface area contributed by atoms with Gasteiger partial charge in [-0.25, -0.2) is 4.90 Å². The van der Waals surface area contributed by atoms with Gasteiger partial charge >= 0.3 is 0 Å². The normalized spacial score (nSPS) is 25.4. The Bertz CT molecular complexity index is 1020. The zero-order valence-electron chi connectivity index (χ0n) is 16.8. The summed E-state index contributed by atoms with van der Waals surface area (Å²) in [4.78, 5) is 29.6. The molecular formula is C22H23Cl2N3O4+2. The maximum absolute atomic E-state index is 13.1. The predicted octanol–water partition coefficient (Wildman–Crippen LogP) is 0.338. The SMILES string of the molecule is O=C1C[C@@H]([NH+]2CC[NH+](Cc3ccc4c(c3)OCO4)CC2)C(=O)N1c1cc(Cl)cc(Cl)c1. The molecule has 3 aliphatic rings. The van der Waals surface area contributed by atoms with E-state index < -0.39 is 0 Å². The minimum absolute atomic E-state index is 0.169. The van der Waals surface area contributed by atoms with Gasteiger partial charge in [0.1, 0.15) is 32.7 Å². The molecule has 3 heterocycles. The number of hydrogen-bond donors (Lipinski definition) is 2. The van der Waals surface area contributed by atoms with Crippen LogP contribution in [0.3, 0.4) is 0 Å². The van der Waals surface area contributed by atoms with E-state index in [9.17, 15) is 9.59 Å². The molecule has 31 heavy (non-hydrogen) atoms. The molecule has 3 aliphatic heterocycles. The lowest BCUT2D eigenvalue weighted by atomic mass is 10.1. The Balaban J connectivity index is 1.21. The number of nitrogens with zero attached hydrogens (tertiary/aromatic N) is 1. The average Bonchev–Trinajstić information content (AvgIpc) is 3.31. The van der Waals surface area contributed by atoms with Gasteiger partial charge in [-0.15, -0.1) is 0 Å². The Morgan fingerprint density at radius 1 is 0.935 bits per heavy atom. The van der Waals surface area contributed by atoms with E-state index in [-0.39, 0.29) is 31.1 Å². The van der Waals surface area contributed by atoms with Crippen molar-refractivity contribution in [3.63, 3.8) is 0 Å². The summed E-state index contributed by atoms with van der Waals surface area (Å²) in [6.07, 6.45) is 0.218. The summed E-state index contributed by atoms with van der Waals surface area (Å²) >= 11 is 12.1. The number of anilines is 1. The molecule has 7 nitrogen and oxygen atoms in total.